The minimum absolute atomic E-state index is 0.250. The number of halogens is 3. The van der Waals surface area contributed by atoms with E-state index in [1.165, 1.54) is 0 Å². The summed E-state index contributed by atoms with van der Waals surface area (Å²) in [4.78, 5) is 0.250. The standard InChI is InChI=1S/C14H10Br2ClNO2S/c1-19-12-5-10(16)13(6-9(12)15)20-7-2-3-8(14(18)21)11(17)4-7/h2-6H,1H3,(H2,18,21). The molecule has 0 radical (unpaired) electrons. The van der Waals surface area contributed by atoms with Gasteiger partial charge in [0.1, 0.15) is 22.2 Å². The molecule has 0 unspecified atom stereocenters. The highest BCUT2D eigenvalue weighted by Crippen LogP contribution is 2.38. The van der Waals surface area contributed by atoms with Gasteiger partial charge in [0.15, 0.2) is 0 Å². The highest BCUT2D eigenvalue weighted by atomic mass is 79.9. The van der Waals surface area contributed by atoms with Crippen LogP contribution in [-0.4, -0.2) is 12.1 Å². The largest absolute Gasteiger partial charge is 0.496 e. The normalized spacial score (nSPS) is 10.3. The van der Waals surface area contributed by atoms with Crippen LogP contribution in [0, 0.1) is 0 Å². The molecule has 0 atom stereocenters. The average molecular weight is 452 g/mol. The van der Waals surface area contributed by atoms with Crippen LogP contribution < -0.4 is 15.2 Å². The van der Waals surface area contributed by atoms with Crippen molar-refractivity contribution in [2.24, 2.45) is 5.73 Å². The molecule has 7 heteroatoms. The van der Waals surface area contributed by atoms with E-state index in [9.17, 15) is 0 Å². The van der Waals surface area contributed by atoms with E-state index in [0.29, 0.717) is 27.8 Å². The SMILES string of the molecule is COc1cc(Br)c(Oc2ccc(C(N)=S)c(Cl)c2)cc1Br. The topological polar surface area (TPSA) is 44.5 Å². The Hall–Kier alpha value is -0.820. The molecule has 0 amide bonds. The van der Waals surface area contributed by atoms with E-state index >= 15 is 0 Å². The van der Waals surface area contributed by atoms with E-state index in [-0.39, 0.29) is 4.99 Å². The lowest BCUT2D eigenvalue weighted by atomic mass is 10.2. The Morgan fingerprint density at radius 3 is 2.33 bits per heavy atom. The molecule has 0 aromatic heterocycles. The predicted molar refractivity (Wildman–Crippen MR) is 95.8 cm³/mol. The van der Waals surface area contributed by atoms with Crippen molar-refractivity contribution in [1.82, 2.24) is 0 Å². The molecule has 2 N–H and O–H groups in total. The molecule has 0 bridgehead atoms. The van der Waals surface area contributed by atoms with Crippen molar-refractivity contribution < 1.29 is 9.47 Å². The zero-order valence-corrected chi connectivity index (χ0v) is 15.6. The Morgan fingerprint density at radius 1 is 1.14 bits per heavy atom. The van der Waals surface area contributed by atoms with Crippen molar-refractivity contribution in [2.75, 3.05) is 7.11 Å². The van der Waals surface area contributed by atoms with Crippen LogP contribution in [0.3, 0.4) is 0 Å². The van der Waals surface area contributed by atoms with Gasteiger partial charge in [0.25, 0.3) is 0 Å². The molecular formula is C14H10Br2ClNO2S. The Kier molecular flexibility index (Phi) is 5.48. The summed E-state index contributed by atoms with van der Waals surface area (Å²) >= 11 is 17.9. The molecule has 2 aromatic carbocycles. The fraction of sp³-hybridized carbons (Fsp3) is 0.0714. The van der Waals surface area contributed by atoms with E-state index < -0.39 is 0 Å². The van der Waals surface area contributed by atoms with Gasteiger partial charge in [-0.3, -0.25) is 0 Å². The molecule has 3 nitrogen and oxygen atoms in total. The maximum absolute atomic E-state index is 6.12. The number of nitrogens with two attached hydrogens (primary N) is 1. The number of ether oxygens (including phenoxy) is 2. The Bertz CT molecular complexity index is 710. The molecule has 21 heavy (non-hydrogen) atoms. The van der Waals surface area contributed by atoms with Gasteiger partial charge in [0.05, 0.1) is 21.1 Å². The minimum Gasteiger partial charge on any atom is -0.496 e. The van der Waals surface area contributed by atoms with E-state index in [2.05, 4.69) is 31.9 Å². The van der Waals surface area contributed by atoms with Gasteiger partial charge in [-0.15, -0.1) is 0 Å². The van der Waals surface area contributed by atoms with Crippen molar-refractivity contribution in [2.45, 2.75) is 0 Å². The number of hydrogen-bond donors (Lipinski definition) is 1. The first-order valence-electron chi connectivity index (χ1n) is 5.72. The number of hydrogen-bond acceptors (Lipinski definition) is 3. The molecule has 0 aliphatic carbocycles. The van der Waals surface area contributed by atoms with Gasteiger partial charge >= 0.3 is 0 Å². The van der Waals surface area contributed by atoms with Crippen LogP contribution >= 0.6 is 55.7 Å². The molecule has 0 heterocycles. The lowest BCUT2D eigenvalue weighted by molar-refractivity contribution is 0.409. The zero-order chi connectivity index (χ0) is 15.6. The highest BCUT2D eigenvalue weighted by molar-refractivity contribution is 9.11. The number of methoxy groups -OCH3 is 1. The summed E-state index contributed by atoms with van der Waals surface area (Å²) in [5.74, 6) is 1.91. The second-order valence-electron chi connectivity index (χ2n) is 4.03. The van der Waals surface area contributed by atoms with Crippen molar-refractivity contribution in [1.29, 1.82) is 0 Å². The lowest BCUT2D eigenvalue weighted by Gasteiger charge is -2.12. The smallest absolute Gasteiger partial charge is 0.143 e. The number of benzene rings is 2. The summed E-state index contributed by atoms with van der Waals surface area (Å²) in [6.45, 7) is 0. The van der Waals surface area contributed by atoms with Crippen LogP contribution in [-0.2, 0) is 0 Å². The molecular weight excluding hydrogens is 441 g/mol. The van der Waals surface area contributed by atoms with Gasteiger partial charge in [0.2, 0.25) is 0 Å². The zero-order valence-electron chi connectivity index (χ0n) is 10.8. The Morgan fingerprint density at radius 2 is 1.76 bits per heavy atom. The maximum Gasteiger partial charge on any atom is 0.143 e. The summed E-state index contributed by atoms with van der Waals surface area (Å²) in [5, 5.41) is 0.448. The first-order valence-corrected chi connectivity index (χ1v) is 8.10. The van der Waals surface area contributed by atoms with E-state index in [0.717, 1.165) is 8.95 Å². The molecule has 0 aliphatic rings. The molecule has 0 aliphatic heterocycles. The van der Waals surface area contributed by atoms with Crippen molar-refractivity contribution in [3.05, 3.63) is 49.9 Å². The van der Waals surface area contributed by atoms with Gasteiger partial charge in [-0.05, 0) is 56.1 Å². The molecule has 2 rings (SSSR count). The maximum atomic E-state index is 6.12. The molecule has 0 fully saturated rings. The van der Waals surface area contributed by atoms with Crippen LogP contribution in [0.4, 0.5) is 0 Å². The second kappa shape index (κ2) is 6.96. The number of rotatable bonds is 4. The summed E-state index contributed by atoms with van der Waals surface area (Å²) in [6.07, 6.45) is 0. The van der Waals surface area contributed by atoms with Crippen LogP contribution in [0.15, 0.2) is 39.3 Å². The Balaban J connectivity index is 2.32. The fourth-order valence-corrected chi connectivity index (χ4v) is 3.03. The molecule has 2 aromatic rings. The molecule has 0 saturated heterocycles. The number of thiocarbonyl (C=S) groups is 1. The van der Waals surface area contributed by atoms with Crippen molar-refractivity contribution in [3.8, 4) is 17.2 Å². The van der Waals surface area contributed by atoms with Crippen LogP contribution in [0.2, 0.25) is 5.02 Å². The van der Waals surface area contributed by atoms with Crippen molar-refractivity contribution >= 4 is 60.7 Å². The molecule has 110 valence electrons. The van der Waals surface area contributed by atoms with Gasteiger partial charge in [0, 0.05) is 11.6 Å². The van der Waals surface area contributed by atoms with E-state index in [4.69, 9.17) is 39.0 Å². The average Bonchev–Trinajstić information content (AvgIpc) is 2.42. The van der Waals surface area contributed by atoms with Gasteiger partial charge in [-0.25, -0.2) is 0 Å². The predicted octanol–water partition coefficient (Wildman–Crippen LogP) is 5.30. The lowest BCUT2D eigenvalue weighted by Crippen LogP contribution is -2.09. The summed E-state index contributed by atoms with van der Waals surface area (Å²) in [7, 11) is 1.60. The van der Waals surface area contributed by atoms with E-state index in [1.807, 2.05) is 6.07 Å². The van der Waals surface area contributed by atoms with Crippen LogP contribution in [0.1, 0.15) is 5.56 Å². The minimum atomic E-state index is 0.250. The van der Waals surface area contributed by atoms with Crippen LogP contribution in [0.5, 0.6) is 17.2 Å². The third-order valence-corrected chi connectivity index (χ3v) is 4.41. The fourth-order valence-electron chi connectivity index (χ4n) is 1.63. The highest BCUT2D eigenvalue weighted by Gasteiger charge is 2.11. The first kappa shape index (κ1) is 16.5. The van der Waals surface area contributed by atoms with E-state index in [1.54, 1.807) is 31.4 Å². The third kappa shape index (κ3) is 3.88. The summed E-state index contributed by atoms with van der Waals surface area (Å²) in [6, 6.07) is 8.76. The summed E-state index contributed by atoms with van der Waals surface area (Å²) in [5.41, 5.74) is 6.19. The molecule has 0 spiro atoms. The second-order valence-corrected chi connectivity index (χ2v) is 6.58. The van der Waals surface area contributed by atoms with Gasteiger partial charge in [-0.1, -0.05) is 23.8 Å². The molecule has 0 saturated carbocycles. The quantitative estimate of drug-likeness (QED) is 0.641. The third-order valence-electron chi connectivity index (χ3n) is 2.64. The monoisotopic (exact) mass is 449 g/mol. The van der Waals surface area contributed by atoms with Gasteiger partial charge in [-0.2, -0.15) is 0 Å². The van der Waals surface area contributed by atoms with Crippen LogP contribution in [0.25, 0.3) is 0 Å². The Labute approximate surface area is 149 Å². The van der Waals surface area contributed by atoms with Crippen molar-refractivity contribution in [3.63, 3.8) is 0 Å². The summed E-state index contributed by atoms with van der Waals surface area (Å²) < 4.78 is 12.6. The van der Waals surface area contributed by atoms with Gasteiger partial charge < -0.3 is 15.2 Å². The first-order chi connectivity index (χ1) is 9.92.